The Morgan fingerprint density at radius 1 is 1.27 bits per heavy atom. The highest BCUT2D eigenvalue weighted by Crippen LogP contribution is 2.26. The third-order valence-corrected chi connectivity index (χ3v) is 2.75. The zero-order valence-corrected chi connectivity index (χ0v) is 10.2. The van der Waals surface area contributed by atoms with E-state index in [0.29, 0.717) is 6.10 Å². The van der Waals surface area contributed by atoms with Crippen molar-refractivity contribution in [1.82, 2.24) is 0 Å². The summed E-state index contributed by atoms with van der Waals surface area (Å²) >= 11 is 3.40. The fourth-order valence-electron chi connectivity index (χ4n) is 1.32. The van der Waals surface area contributed by atoms with Crippen molar-refractivity contribution in [2.75, 3.05) is 5.33 Å². The van der Waals surface area contributed by atoms with Gasteiger partial charge in [-0.05, 0) is 37.0 Å². The maximum Gasteiger partial charge on any atom is 0.119 e. The summed E-state index contributed by atoms with van der Waals surface area (Å²) in [5, 5.41) is 1.02. The van der Waals surface area contributed by atoms with E-state index in [1.807, 2.05) is 12.1 Å². The lowest BCUT2D eigenvalue weighted by Crippen LogP contribution is -1.94. The number of benzene rings is 1. The Morgan fingerprint density at radius 2 is 2.00 bits per heavy atom. The summed E-state index contributed by atoms with van der Waals surface area (Å²) in [6.07, 6.45) is 8.30. The fraction of sp³-hybridized carbons (Fsp3) is 0.385. The maximum atomic E-state index is 5.67. The molecule has 1 saturated carbocycles. The summed E-state index contributed by atoms with van der Waals surface area (Å²) in [5.41, 5.74) is 1.24. The van der Waals surface area contributed by atoms with Gasteiger partial charge in [-0.15, -0.1) is 0 Å². The van der Waals surface area contributed by atoms with E-state index in [2.05, 4.69) is 40.2 Å². The van der Waals surface area contributed by atoms with E-state index < -0.39 is 0 Å². The number of hydrogen-bond donors (Lipinski definition) is 0. The van der Waals surface area contributed by atoms with Crippen LogP contribution in [-0.4, -0.2) is 11.4 Å². The molecular weight excluding hydrogens is 252 g/mol. The molecule has 1 fully saturated rings. The van der Waals surface area contributed by atoms with Crippen LogP contribution in [-0.2, 0) is 0 Å². The van der Waals surface area contributed by atoms with Gasteiger partial charge in [-0.1, -0.05) is 40.2 Å². The first-order valence-electron chi connectivity index (χ1n) is 5.38. The molecule has 1 nitrogen and oxygen atoms in total. The molecular formula is C13H15BrO. The van der Waals surface area contributed by atoms with Crippen molar-refractivity contribution in [2.45, 2.75) is 25.4 Å². The third-order valence-electron chi connectivity index (χ3n) is 2.29. The molecule has 0 atom stereocenters. The summed E-state index contributed by atoms with van der Waals surface area (Å²) < 4.78 is 5.67. The molecule has 0 aromatic heterocycles. The van der Waals surface area contributed by atoms with E-state index >= 15 is 0 Å². The molecule has 0 unspecified atom stereocenters. The Bertz CT molecular complexity index is 325. The van der Waals surface area contributed by atoms with Crippen LogP contribution in [0.3, 0.4) is 0 Å². The van der Waals surface area contributed by atoms with Crippen LogP contribution in [0.15, 0.2) is 30.3 Å². The minimum atomic E-state index is 0.486. The van der Waals surface area contributed by atoms with Crippen LogP contribution in [0.4, 0.5) is 0 Å². The molecule has 0 aliphatic heterocycles. The lowest BCUT2D eigenvalue weighted by atomic mass is 10.2. The minimum absolute atomic E-state index is 0.486. The van der Waals surface area contributed by atoms with Gasteiger partial charge in [0.2, 0.25) is 0 Å². The summed E-state index contributed by atoms with van der Waals surface area (Å²) in [5.74, 6) is 0.996. The smallest absolute Gasteiger partial charge is 0.119 e. The van der Waals surface area contributed by atoms with Crippen molar-refractivity contribution in [3.63, 3.8) is 0 Å². The number of halogens is 1. The van der Waals surface area contributed by atoms with Crippen molar-refractivity contribution >= 4 is 22.0 Å². The van der Waals surface area contributed by atoms with Crippen LogP contribution in [0.1, 0.15) is 24.8 Å². The van der Waals surface area contributed by atoms with Crippen molar-refractivity contribution in [2.24, 2.45) is 0 Å². The molecule has 0 bridgehead atoms. The molecule has 2 heteroatoms. The van der Waals surface area contributed by atoms with Crippen molar-refractivity contribution < 1.29 is 4.74 Å². The van der Waals surface area contributed by atoms with Crippen molar-refractivity contribution in [3.05, 3.63) is 35.9 Å². The molecule has 0 saturated heterocycles. The summed E-state index contributed by atoms with van der Waals surface area (Å²) in [6.45, 7) is 0. The number of alkyl halides is 1. The first-order valence-corrected chi connectivity index (χ1v) is 6.50. The fourth-order valence-corrected chi connectivity index (χ4v) is 1.58. The van der Waals surface area contributed by atoms with Crippen LogP contribution in [0, 0.1) is 0 Å². The Kier molecular flexibility index (Phi) is 3.84. The third kappa shape index (κ3) is 3.71. The largest absolute Gasteiger partial charge is 0.490 e. The van der Waals surface area contributed by atoms with E-state index in [4.69, 9.17) is 4.74 Å². The van der Waals surface area contributed by atoms with Crippen molar-refractivity contribution in [3.8, 4) is 5.75 Å². The molecule has 0 radical (unpaired) electrons. The summed E-state index contributed by atoms with van der Waals surface area (Å²) in [4.78, 5) is 0. The molecule has 1 aliphatic carbocycles. The van der Waals surface area contributed by atoms with Gasteiger partial charge in [-0.2, -0.15) is 0 Å². The number of ether oxygens (including phenoxy) is 1. The monoisotopic (exact) mass is 266 g/mol. The number of rotatable bonds is 5. The van der Waals surface area contributed by atoms with Crippen LogP contribution in [0.25, 0.3) is 6.08 Å². The highest BCUT2D eigenvalue weighted by Gasteiger charge is 2.23. The van der Waals surface area contributed by atoms with Gasteiger partial charge in [-0.25, -0.2) is 0 Å². The van der Waals surface area contributed by atoms with Gasteiger partial charge >= 0.3 is 0 Å². The highest BCUT2D eigenvalue weighted by atomic mass is 79.9. The Balaban J connectivity index is 1.90. The average Bonchev–Trinajstić information content (AvgIpc) is 3.05. The predicted octanol–water partition coefficient (Wildman–Crippen LogP) is 4.03. The minimum Gasteiger partial charge on any atom is -0.490 e. The van der Waals surface area contributed by atoms with Crippen LogP contribution in [0.2, 0.25) is 0 Å². The second-order valence-corrected chi connectivity index (χ2v) is 4.56. The zero-order valence-electron chi connectivity index (χ0n) is 8.66. The van der Waals surface area contributed by atoms with Crippen LogP contribution in [0.5, 0.6) is 5.75 Å². The van der Waals surface area contributed by atoms with E-state index in [-0.39, 0.29) is 0 Å². The highest BCUT2D eigenvalue weighted by molar-refractivity contribution is 9.09. The number of hydrogen-bond acceptors (Lipinski definition) is 1. The quantitative estimate of drug-likeness (QED) is 0.732. The normalized spacial score (nSPS) is 15.8. The lowest BCUT2D eigenvalue weighted by Gasteiger charge is -2.03. The first-order chi connectivity index (χ1) is 7.38. The van der Waals surface area contributed by atoms with Crippen molar-refractivity contribution in [1.29, 1.82) is 0 Å². The van der Waals surface area contributed by atoms with E-state index in [1.165, 1.54) is 18.4 Å². The topological polar surface area (TPSA) is 9.23 Å². The Hall–Kier alpha value is -0.760. The average molecular weight is 267 g/mol. The first kappa shape index (κ1) is 10.7. The molecule has 1 aliphatic rings. The van der Waals surface area contributed by atoms with E-state index in [0.717, 1.165) is 17.5 Å². The molecule has 80 valence electrons. The Morgan fingerprint density at radius 3 is 2.60 bits per heavy atom. The van der Waals surface area contributed by atoms with Crippen LogP contribution >= 0.6 is 15.9 Å². The molecule has 1 aromatic carbocycles. The molecule has 0 heterocycles. The molecule has 2 rings (SSSR count). The maximum absolute atomic E-state index is 5.67. The van der Waals surface area contributed by atoms with E-state index in [9.17, 15) is 0 Å². The van der Waals surface area contributed by atoms with Gasteiger partial charge in [0.15, 0.2) is 0 Å². The van der Waals surface area contributed by atoms with Gasteiger partial charge in [0, 0.05) is 5.33 Å². The SMILES string of the molecule is BrCC/C=C/c1ccc(OC2CC2)cc1. The molecule has 1 aromatic rings. The Labute approximate surface area is 99.3 Å². The summed E-state index contributed by atoms with van der Waals surface area (Å²) in [6, 6.07) is 8.29. The molecule has 0 amide bonds. The van der Waals surface area contributed by atoms with Gasteiger partial charge in [0.1, 0.15) is 5.75 Å². The van der Waals surface area contributed by atoms with Gasteiger partial charge in [-0.3, -0.25) is 0 Å². The van der Waals surface area contributed by atoms with E-state index in [1.54, 1.807) is 0 Å². The predicted molar refractivity (Wildman–Crippen MR) is 67.5 cm³/mol. The molecule has 15 heavy (non-hydrogen) atoms. The molecule has 0 N–H and O–H groups in total. The van der Waals surface area contributed by atoms with Gasteiger partial charge < -0.3 is 4.74 Å². The van der Waals surface area contributed by atoms with Gasteiger partial charge in [0.25, 0.3) is 0 Å². The second kappa shape index (κ2) is 5.36. The zero-order chi connectivity index (χ0) is 10.5. The van der Waals surface area contributed by atoms with Gasteiger partial charge in [0.05, 0.1) is 6.10 Å². The lowest BCUT2D eigenvalue weighted by molar-refractivity contribution is 0.303. The standard InChI is InChI=1S/C13H15BrO/c14-10-2-1-3-11-4-6-12(7-5-11)15-13-8-9-13/h1,3-7,13H,2,8-10H2/b3-1+. The number of allylic oxidation sites excluding steroid dienone is 1. The molecule has 0 spiro atoms. The summed E-state index contributed by atoms with van der Waals surface area (Å²) in [7, 11) is 0. The second-order valence-electron chi connectivity index (χ2n) is 3.77. The van der Waals surface area contributed by atoms with Crippen LogP contribution < -0.4 is 4.74 Å².